The average molecular weight is 232 g/mol. The van der Waals surface area contributed by atoms with Crippen LogP contribution in [0, 0.1) is 11.8 Å². The van der Waals surface area contributed by atoms with Crippen LogP contribution < -0.4 is 5.32 Å². The van der Waals surface area contributed by atoms with Crippen LogP contribution in [0.25, 0.3) is 0 Å². The summed E-state index contributed by atoms with van der Waals surface area (Å²) < 4.78 is 0. The SMILES string of the molecule is CCNC(Cc1cccnc1)C1CCCC1C. The number of hydrogen-bond donors (Lipinski definition) is 1. The molecule has 1 aromatic heterocycles. The van der Waals surface area contributed by atoms with Gasteiger partial charge in [0, 0.05) is 18.4 Å². The Kier molecular flexibility index (Phi) is 4.55. The smallest absolute Gasteiger partial charge is 0.0300 e. The van der Waals surface area contributed by atoms with Crippen LogP contribution in [0.2, 0.25) is 0 Å². The maximum atomic E-state index is 4.22. The highest BCUT2D eigenvalue weighted by atomic mass is 14.9. The molecule has 0 amide bonds. The van der Waals surface area contributed by atoms with Gasteiger partial charge in [0.2, 0.25) is 0 Å². The Balaban J connectivity index is 2.02. The zero-order valence-electron chi connectivity index (χ0n) is 11.0. The van der Waals surface area contributed by atoms with Crippen molar-refractivity contribution in [1.29, 1.82) is 0 Å². The van der Waals surface area contributed by atoms with E-state index in [-0.39, 0.29) is 0 Å². The minimum Gasteiger partial charge on any atom is -0.314 e. The van der Waals surface area contributed by atoms with Gasteiger partial charge in [0.05, 0.1) is 0 Å². The van der Waals surface area contributed by atoms with Gasteiger partial charge < -0.3 is 5.32 Å². The van der Waals surface area contributed by atoms with Crippen molar-refractivity contribution in [2.75, 3.05) is 6.54 Å². The molecule has 0 spiro atoms. The third kappa shape index (κ3) is 3.29. The fourth-order valence-corrected chi connectivity index (χ4v) is 3.18. The molecule has 2 heteroatoms. The second-order valence-electron chi connectivity index (χ2n) is 5.30. The molecule has 1 aliphatic rings. The van der Waals surface area contributed by atoms with E-state index in [9.17, 15) is 0 Å². The number of likely N-dealkylation sites (N-methyl/N-ethyl adjacent to an activating group) is 1. The molecule has 1 aromatic rings. The lowest BCUT2D eigenvalue weighted by Gasteiger charge is -2.27. The molecule has 0 aliphatic heterocycles. The average Bonchev–Trinajstić information content (AvgIpc) is 2.76. The Hall–Kier alpha value is -0.890. The predicted octanol–water partition coefficient (Wildman–Crippen LogP) is 3.04. The first kappa shape index (κ1) is 12.6. The molecule has 3 atom stereocenters. The first-order chi connectivity index (χ1) is 8.31. The van der Waals surface area contributed by atoms with E-state index in [1.165, 1.54) is 24.8 Å². The second-order valence-corrected chi connectivity index (χ2v) is 5.30. The molecule has 1 fully saturated rings. The first-order valence-corrected chi connectivity index (χ1v) is 6.93. The molecule has 17 heavy (non-hydrogen) atoms. The lowest BCUT2D eigenvalue weighted by Crippen LogP contribution is -2.39. The van der Waals surface area contributed by atoms with Crippen molar-refractivity contribution in [1.82, 2.24) is 10.3 Å². The molecule has 0 bridgehead atoms. The summed E-state index contributed by atoms with van der Waals surface area (Å²) >= 11 is 0. The monoisotopic (exact) mass is 232 g/mol. The van der Waals surface area contributed by atoms with Gasteiger partial charge in [0.15, 0.2) is 0 Å². The van der Waals surface area contributed by atoms with Crippen molar-refractivity contribution in [2.45, 2.75) is 45.6 Å². The summed E-state index contributed by atoms with van der Waals surface area (Å²) in [5, 5.41) is 3.68. The summed E-state index contributed by atoms with van der Waals surface area (Å²) in [6.07, 6.45) is 9.17. The quantitative estimate of drug-likeness (QED) is 0.844. The van der Waals surface area contributed by atoms with Gasteiger partial charge in [0.1, 0.15) is 0 Å². The minimum atomic E-state index is 0.627. The van der Waals surface area contributed by atoms with E-state index in [1.807, 2.05) is 18.5 Å². The summed E-state index contributed by atoms with van der Waals surface area (Å²) in [5.41, 5.74) is 1.36. The van der Waals surface area contributed by atoms with Crippen molar-refractivity contribution >= 4 is 0 Å². The highest BCUT2D eigenvalue weighted by Crippen LogP contribution is 2.34. The molecule has 94 valence electrons. The van der Waals surface area contributed by atoms with Crippen molar-refractivity contribution in [3.8, 4) is 0 Å². The fourth-order valence-electron chi connectivity index (χ4n) is 3.18. The van der Waals surface area contributed by atoms with Gasteiger partial charge in [-0.15, -0.1) is 0 Å². The van der Waals surface area contributed by atoms with E-state index in [2.05, 4.69) is 30.2 Å². The van der Waals surface area contributed by atoms with E-state index in [1.54, 1.807) is 0 Å². The molecule has 3 unspecified atom stereocenters. The maximum Gasteiger partial charge on any atom is 0.0300 e. The molecule has 1 aliphatic carbocycles. The van der Waals surface area contributed by atoms with Gasteiger partial charge in [-0.1, -0.05) is 32.8 Å². The normalized spacial score (nSPS) is 26.0. The van der Waals surface area contributed by atoms with Gasteiger partial charge in [-0.2, -0.15) is 0 Å². The number of rotatable bonds is 5. The molecule has 1 saturated carbocycles. The van der Waals surface area contributed by atoms with Crippen LogP contribution >= 0.6 is 0 Å². The molecule has 1 N–H and O–H groups in total. The van der Waals surface area contributed by atoms with Crippen molar-refractivity contribution in [3.05, 3.63) is 30.1 Å². The molecule has 2 rings (SSSR count). The molecule has 0 aromatic carbocycles. The Bertz CT molecular complexity index is 323. The van der Waals surface area contributed by atoms with Crippen molar-refractivity contribution < 1.29 is 0 Å². The number of aromatic nitrogens is 1. The number of nitrogens with zero attached hydrogens (tertiary/aromatic N) is 1. The standard InChI is InChI=1S/C15H24N2/c1-3-17-15(14-8-4-6-12(14)2)10-13-7-5-9-16-11-13/h5,7,9,11-12,14-15,17H,3-4,6,8,10H2,1-2H3. The van der Waals surface area contributed by atoms with Gasteiger partial charge in [0.25, 0.3) is 0 Å². The van der Waals surface area contributed by atoms with Crippen molar-refractivity contribution in [2.24, 2.45) is 11.8 Å². The van der Waals surface area contributed by atoms with E-state index >= 15 is 0 Å². The van der Waals surface area contributed by atoms with Crippen LogP contribution in [-0.2, 0) is 6.42 Å². The predicted molar refractivity (Wildman–Crippen MR) is 71.9 cm³/mol. The van der Waals surface area contributed by atoms with E-state index < -0.39 is 0 Å². The summed E-state index contributed by atoms with van der Waals surface area (Å²) in [6, 6.07) is 4.86. The number of pyridine rings is 1. The molecular weight excluding hydrogens is 208 g/mol. The van der Waals surface area contributed by atoms with Crippen molar-refractivity contribution in [3.63, 3.8) is 0 Å². The molecular formula is C15H24N2. The van der Waals surface area contributed by atoms with Crippen LogP contribution in [0.5, 0.6) is 0 Å². The van der Waals surface area contributed by atoms with Crippen LogP contribution in [0.4, 0.5) is 0 Å². The lowest BCUT2D eigenvalue weighted by molar-refractivity contribution is 0.298. The second kappa shape index (κ2) is 6.15. The van der Waals surface area contributed by atoms with E-state index in [0.29, 0.717) is 6.04 Å². The third-order valence-corrected chi connectivity index (χ3v) is 4.09. The van der Waals surface area contributed by atoms with Gasteiger partial charge in [-0.3, -0.25) is 4.98 Å². The Morgan fingerprint density at radius 3 is 2.94 bits per heavy atom. The number of nitrogens with one attached hydrogen (secondary N) is 1. The number of hydrogen-bond acceptors (Lipinski definition) is 2. The Morgan fingerprint density at radius 1 is 1.47 bits per heavy atom. The first-order valence-electron chi connectivity index (χ1n) is 6.93. The molecule has 2 nitrogen and oxygen atoms in total. The third-order valence-electron chi connectivity index (χ3n) is 4.09. The lowest BCUT2D eigenvalue weighted by atomic mass is 9.86. The summed E-state index contributed by atoms with van der Waals surface area (Å²) in [5.74, 6) is 1.71. The highest BCUT2D eigenvalue weighted by Gasteiger charge is 2.30. The minimum absolute atomic E-state index is 0.627. The zero-order valence-corrected chi connectivity index (χ0v) is 11.0. The highest BCUT2D eigenvalue weighted by molar-refractivity contribution is 5.11. The Morgan fingerprint density at radius 2 is 2.35 bits per heavy atom. The van der Waals surface area contributed by atoms with E-state index in [4.69, 9.17) is 0 Å². The van der Waals surface area contributed by atoms with E-state index in [0.717, 1.165) is 24.8 Å². The zero-order chi connectivity index (χ0) is 12.1. The Labute approximate surface area is 105 Å². The topological polar surface area (TPSA) is 24.9 Å². The van der Waals surface area contributed by atoms with Gasteiger partial charge in [-0.25, -0.2) is 0 Å². The molecule has 0 radical (unpaired) electrons. The summed E-state index contributed by atoms with van der Waals surface area (Å²) in [6.45, 7) is 5.68. The van der Waals surface area contributed by atoms with Crippen LogP contribution in [0.1, 0.15) is 38.7 Å². The summed E-state index contributed by atoms with van der Waals surface area (Å²) in [4.78, 5) is 4.22. The van der Waals surface area contributed by atoms with Crippen LogP contribution in [0.3, 0.4) is 0 Å². The molecule has 1 heterocycles. The van der Waals surface area contributed by atoms with Crippen LogP contribution in [-0.4, -0.2) is 17.6 Å². The maximum absolute atomic E-state index is 4.22. The molecule has 0 saturated heterocycles. The largest absolute Gasteiger partial charge is 0.314 e. The van der Waals surface area contributed by atoms with Crippen LogP contribution in [0.15, 0.2) is 24.5 Å². The van der Waals surface area contributed by atoms with Gasteiger partial charge in [-0.05, 0) is 42.9 Å². The fraction of sp³-hybridized carbons (Fsp3) is 0.667. The van der Waals surface area contributed by atoms with Gasteiger partial charge >= 0.3 is 0 Å². The summed E-state index contributed by atoms with van der Waals surface area (Å²) in [7, 11) is 0.